The molecule has 0 radical (unpaired) electrons. The zero-order valence-corrected chi connectivity index (χ0v) is 12.6. The summed E-state index contributed by atoms with van der Waals surface area (Å²) in [5.41, 5.74) is 0.656. The van der Waals surface area contributed by atoms with E-state index in [2.05, 4.69) is 10.2 Å². The summed E-state index contributed by atoms with van der Waals surface area (Å²) in [4.78, 5) is 0.632. The van der Waals surface area contributed by atoms with Crippen LogP contribution in [0.4, 0.5) is 0 Å². The van der Waals surface area contributed by atoms with Crippen LogP contribution < -0.4 is 0 Å². The van der Waals surface area contributed by atoms with Gasteiger partial charge in [0.25, 0.3) is 0 Å². The smallest absolute Gasteiger partial charge is 0.249 e. The first-order chi connectivity index (χ1) is 10.1. The monoisotopic (exact) mass is 322 g/mol. The van der Waals surface area contributed by atoms with E-state index in [4.69, 9.17) is 20.4 Å². The quantitative estimate of drug-likeness (QED) is 0.734. The lowest BCUT2D eigenvalue weighted by Gasteiger charge is -1.98. The number of rotatable bonds is 4. The Bertz CT molecular complexity index is 797. The van der Waals surface area contributed by atoms with Crippen molar-refractivity contribution in [2.45, 2.75) is 17.6 Å². The molecule has 0 amide bonds. The Hall–Kier alpha value is -1.92. The lowest BCUT2D eigenvalue weighted by atomic mass is 10.2. The fraction of sp³-hybridized carbons (Fsp3) is 0.143. The van der Waals surface area contributed by atoms with Crippen LogP contribution in [0.3, 0.4) is 0 Å². The number of halogens is 1. The van der Waals surface area contributed by atoms with Gasteiger partial charge in [0.05, 0.1) is 32.5 Å². The van der Waals surface area contributed by atoms with E-state index in [0.717, 1.165) is 0 Å². The Kier molecular flexibility index (Phi) is 3.90. The lowest BCUT2D eigenvalue weighted by Crippen LogP contribution is -1.96. The predicted octanol–water partition coefficient (Wildman–Crippen LogP) is 3.60. The number of furan rings is 1. The Balaban J connectivity index is 1.82. The molecule has 1 atom stereocenters. The van der Waals surface area contributed by atoms with Crippen LogP contribution >= 0.6 is 11.6 Å². The fourth-order valence-electron chi connectivity index (χ4n) is 1.85. The predicted molar refractivity (Wildman–Crippen MR) is 78.3 cm³/mol. The molecule has 2 aromatic heterocycles. The first-order valence-electron chi connectivity index (χ1n) is 6.15. The van der Waals surface area contributed by atoms with Gasteiger partial charge in [0.1, 0.15) is 11.5 Å². The van der Waals surface area contributed by atoms with Crippen LogP contribution in [-0.2, 0) is 16.6 Å². The van der Waals surface area contributed by atoms with Crippen molar-refractivity contribution in [3.8, 4) is 11.5 Å². The maximum Gasteiger partial charge on any atom is 0.249 e. The van der Waals surface area contributed by atoms with Gasteiger partial charge in [-0.25, -0.2) is 0 Å². The molecule has 0 aliphatic rings. The van der Waals surface area contributed by atoms with Crippen molar-refractivity contribution in [2.75, 3.05) is 0 Å². The highest BCUT2D eigenvalue weighted by atomic mass is 35.5. The molecule has 2 heterocycles. The zero-order chi connectivity index (χ0) is 14.8. The molecule has 0 aliphatic heterocycles. The van der Waals surface area contributed by atoms with Gasteiger partial charge in [-0.05, 0) is 25.1 Å². The van der Waals surface area contributed by atoms with Crippen molar-refractivity contribution in [1.29, 1.82) is 0 Å². The number of aromatic nitrogens is 2. The summed E-state index contributed by atoms with van der Waals surface area (Å²) in [5.74, 6) is 1.37. The van der Waals surface area contributed by atoms with Gasteiger partial charge < -0.3 is 8.83 Å². The highest BCUT2D eigenvalue weighted by molar-refractivity contribution is 7.84. The molecule has 5 nitrogen and oxygen atoms in total. The highest BCUT2D eigenvalue weighted by Gasteiger charge is 2.16. The molecular formula is C14H11ClN2O3S. The summed E-state index contributed by atoms with van der Waals surface area (Å²) in [6.07, 6.45) is 1.51. The van der Waals surface area contributed by atoms with Gasteiger partial charge in [-0.1, -0.05) is 23.7 Å². The Morgan fingerprint density at radius 1 is 1.24 bits per heavy atom. The third-order valence-electron chi connectivity index (χ3n) is 2.88. The van der Waals surface area contributed by atoms with Crippen LogP contribution in [-0.4, -0.2) is 14.4 Å². The average Bonchev–Trinajstić information content (AvgIpc) is 3.08. The second-order valence-corrected chi connectivity index (χ2v) is 6.14. The van der Waals surface area contributed by atoms with Crippen molar-refractivity contribution in [1.82, 2.24) is 10.2 Å². The van der Waals surface area contributed by atoms with Crippen molar-refractivity contribution in [2.24, 2.45) is 0 Å². The first kappa shape index (κ1) is 14.0. The molecular weight excluding hydrogens is 312 g/mol. The minimum atomic E-state index is -1.29. The Morgan fingerprint density at radius 2 is 2.05 bits per heavy atom. The second kappa shape index (κ2) is 5.83. The van der Waals surface area contributed by atoms with E-state index in [-0.39, 0.29) is 5.75 Å². The zero-order valence-electron chi connectivity index (χ0n) is 11.1. The standard InChI is InChI=1S/C14H11ClN2O3S/c1-9-12(6-7-19-9)21(18)8-13-16-17-14(20-13)10-4-2-3-5-11(10)15/h2-7H,8H2,1H3/t21-/m1/s1. The normalized spacial score (nSPS) is 12.5. The molecule has 3 aromatic rings. The molecule has 7 heteroatoms. The van der Waals surface area contributed by atoms with Gasteiger partial charge in [0.2, 0.25) is 11.8 Å². The van der Waals surface area contributed by atoms with E-state index in [9.17, 15) is 4.21 Å². The third kappa shape index (κ3) is 2.91. The van der Waals surface area contributed by atoms with Crippen molar-refractivity contribution >= 4 is 22.4 Å². The maximum atomic E-state index is 12.2. The molecule has 0 saturated carbocycles. The van der Waals surface area contributed by atoms with Gasteiger partial charge >= 0.3 is 0 Å². The third-order valence-corrected chi connectivity index (χ3v) is 4.64. The summed E-state index contributed by atoms with van der Waals surface area (Å²) >= 11 is 6.08. The summed E-state index contributed by atoms with van der Waals surface area (Å²) in [7, 11) is -1.29. The minimum absolute atomic E-state index is 0.137. The van der Waals surface area contributed by atoms with E-state index in [1.807, 2.05) is 12.1 Å². The van der Waals surface area contributed by atoms with E-state index in [1.165, 1.54) is 6.26 Å². The molecule has 0 saturated heterocycles. The molecule has 21 heavy (non-hydrogen) atoms. The SMILES string of the molecule is Cc1occc1[S@](=O)Cc1nnc(-c2ccccc2Cl)o1. The van der Waals surface area contributed by atoms with Gasteiger partial charge in [-0.3, -0.25) is 4.21 Å². The van der Waals surface area contributed by atoms with E-state index >= 15 is 0 Å². The largest absolute Gasteiger partial charge is 0.468 e. The van der Waals surface area contributed by atoms with Crippen molar-refractivity contribution in [3.05, 3.63) is 53.3 Å². The molecule has 0 aliphatic carbocycles. The minimum Gasteiger partial charge on any atom is -0.468 e. The maximum absolute atomic E-state index is 12.2. The number of nitrogens with zero attached hydrogens (tertiary/aromatic N) is 2. The van der Waals surface area contributed by atoms with Gasteiger partial charge in [0.15, 0.2) is 0 Å². The summed E-state index contributed by atoms with van der Waals surface area (Å²) in [5, 5.41) is 8.39. The first-order valence-corrected chi connectivity index (χ1v) is 7.84. The van der Waals surface area contributed by atoms with Crippen LogP contribution in [0, 0.1) is 6.92 Å². The van der Waals surface area contributed by atoms with E-state index in [1.54, 1.807) is 25.1 Å². The molecule has 0 N–H and O–H groups in total. The Morgan fingerprint density at radius 3 is 2.76 bits per heavy atom. The number of benzene rings is 1. The average molecular weight is 323 g/mol. The summed E-state index contributed by atoms with van der Waals surface area (Å²) in [6.45, 7) is 1.76. The molecule has 1 aromatic carbocycles. The molecule has 0 spiro atoms. The number of hydrogen-bond donors (Lipinski definition) is 0. The van der Waals surface area contributed by atoms with Gasteiger partial charge in [-0.2, -0.15) is 0 Å². The Labute approximate surface area is 128 Å². The molecule has 0 bridgehead atoms. The van der Waals surface area contributed by atoms with Crippen molar-refractivity contribution in [3.63, 3.8) is 0 Å². The molecule has 0 fully saturated rings. The van der Waals surface area contributed by atoms with Crippen LogP contribution in [0.25, 0.3) is 11.5 Å². The van der Waals surface area contributed by atoms with E-state index in [0.29, 0.717) is 33.0 Å². The van der Waals surface area contributed by atoms with Crippen LogP contribution in [0.2, 0.25) is 5.02 Å². The van der Waals surface area contributed by atoms with Crippen LogP contribution in [0.15, 0.2) is 50.3 Å². The lowest BCUT2D eigenvalue weighted by molar-refractivity contribution is 0.521. The van der Waals surface area contributed by atoms with E-state index < -0.39 is 10.8 Å². The summed E-state index contributed by atoms with van der Waals surface area (Å²) < 4.78 is 22.9. The summed E-state index contributed by atoms with van der Waals surface area (Å²) in [6, 6.07) is 8.86. The molecule has 0 unspecified atom stereocenters. The van der Waals surface area contributed by atoms with Gasteiger partial charge in [-0.15, -0.1) is 10.2 Å². The highest BCUT2D eigenvalue weighted by Crippen LogP contribution is 2.27. The molecule has 108 valence electrons. The van der Waals surface area contributed by atoms with Crippen molar-refractivity contribution < 1.29 is 13.0 Å². The van der Waals surface area contributed by atoms with Crippen LogP contribution in [0.1, 0.15) is 11.7 Å². The number of aryl methyl sites for hydroxylation is 1. The topological polar surface area (TPSA) is 69.1 Å². The fourth-order valence-corrected chi connectivity index (χ4v) is 3.14. The van der Waals surface area contributed by atoms with Gasteiger partial charge in [0, 0.05) is 0 Å². The number of hydrogen-bond acceptors (Lipinski definition) is 5. The molecule has 3 rings (SSSR count). The second-order valence-electron chi connectivity index (χ2n) is 4.31. The van der Waals surface area contributed by atoms with Crippen LogP contribution in [0.5, 0.6) is 0 Å².